The minimum Gasteiger partial charge on any atom is -0.452 e. The van der Waals surface area contributed by atoms with Crippen molar-refractivity contribution in [2.75, 3.05) is 10.6 Å². The smallest absolute Gasteiger partial charge is 0.311 e. The summed E-state index contributed by atoms with van der Waals surface area (Å²) in [4.78, 5) is 35.5. The summed E-state index contributed by atoms with van der Waals surface area (Å²) in [5.41, 5.74) is 2.00. The molecular weight excluding hydrogens is 368 g/mol. The van der Waals surface area contributed by atoms with Crippen LogP contribution >= 0.6 is 0 Å². The highest BCUT2D eigenvalue weighted by Gasteiger charge is 2.18. The highest BCUT2D eigenvalue weighted by Crippen LogP contribution is 2.17. The number of hydrogen-bond donors (Lipinski definition) is 2. The van der Waals surface area contributed by atoms with Gasteiger partial charge in [0.15, 0.2) is 6.10 Å². The van der Waals surface area contributed by atoms with E-state index in [1.54, 1.807) is 24.3 Å². The van der Waals surface area contributed by atoms with Crippen molar-refractivity contribution in [2.24, 2.45) is 0 Å². The minimum atomic E-state index is -0.932. The van der Waals surface area contributed by atoms with Gasteiger partial charge in [0.05, 0.1) is 6.42 Å². The van der Waals surface area contributed by atoms with Crippen LogP contribution < -0.4 is 10.6 Å². The lowest BCUT2D eigenvalue weighted by Crippen LogP contribution is -2.30. The van der Waals surface area contributed by atoms with E-state index in [1.807, 2.05) is 42.5 Å². The Hall–Kier alpha value is -3.67. The molecule has 0 bridgehead atoms. The van der Waals surface area contributed by atoms with Crippen LogP contribution in [0.5, 0.6) is 0 Å². The zero-order valence-electron chi connectivity index (χ0n) is 16.3. The van der Waals surface area contributed by atoms with E-state index in [1.165, 1.54) is 13.8 Å². The summed E-state index contributed by atoms with van der Waals surface area (Å²) in [6.07, 6.45) is -0.841. The Balaban J connectivity index is 1.54. The maximum atomic E-state index is 12.3. The third-order valence-electron chi connectivity index (χ3n) is 4.31. The van der Waals surface area contributed by atoms with Gasteiger partial charge >= 0.3 is 5.97 Å². The molecule has 0 aliphatic carbocycles. The number of rotatable bonds is 6. The van der Waals surface area contributed by atoms with E-state index in [0.717, 1.165) is 16.3 Å². The summed E-state index contributed by atoms with van der Waals surface area (Å²) >= 11 is 0. The SMILES string of the molecule is CC(=O)Nc1ccc(NC(=O)[C@@H](C)OC(=O)Cc2ccc3ccccc3c2)cc1. The Labute approximate surface area is 168 Å². The molecule has 6 heteroatoms. The van der Waals surface area contributed by atoms with Gasteiger partial charge in [0, 0.05) is 18.3 Å². The second kappa shape index (κ2) is 9.01. The molecule has 2 N–H and O–H groups in total. The first kappa shape index (κ1) is 20.1. The average Bonchev–Trinajstić information content (AvgIpc) is 2.68. The quantitative estimate of drug-likeness (QED) is 0.625. The van der Waals surface area contributed by atoms with Crippen molar-refractivity contribution in [3.05, 3.63) is 72.3 Å². The van der Waals surface area contributed by atoms with E-state index in [4.69, 9.17) is 4.74 Å². The van der Waals surface area contributed by atoms with Crippen LogP contribution in [0.4, 0.5) is 11.4 Å². The summed E-state index contributed by atoms with van der Waals surface area (Å²) in [6, 6.07) is 20.3. The predicted octanol–water partition coefficient (Wildman–Crippen LogP) is 3.91. The maximum Gasteiger partial charge on any atom is 0.311 e. The molecule has 0 radical (unpaired) electrons. The number of benzene rings is 3. The van der Waals surface area contributed by atoms with Gasteiger partial charge in [-0.2, -0.15) is 0 Å². The summed E-state index contributed by atoms with van der Waals surface area (Å²) in [7, 11) is 0. The van der Waals surface area contributed by atoms with Gasteiger partial charge in [-0.25, -0.2) is 0 Å². The molecule has 0 heterocycles. The lowest BCUT2D eigenvalue weighted by Gasteiger charge is -2.14. The molecule has 148 valence electrons. The van der Waals surface area contributed by atoms with E-state index in [0.29, 0.717) is 11.4 Å². The van der Waals surface area contributed by atoms with Crippen LogP contribution in [-0.2, 0) is 25.5 Å². The lowest BCUT2D eigenvalue weighted by molar-refractivity contribution is -0.152. The van der Waals surface area contributed by atoms with Gasteiger partial charge in [0.2, 0.25) is 5.91 Å². The molecule has 0 aromatic heterocycles. The van der Waals surface area contributed by atoms with E-state index in [2.05, 4.69) is 10.6 Å². The van der Waals surface area contributed by atoms with E-state index in [-0.39, 0.29) is 12.3 Å². The lowest BCUT2D eigenvalue weighted by atomic mass is 10.1. The molecular formula is C23H22N2O4. The van der Waals surface area contributed by atoms with Gasteiger partial charge in [0.1, 0.15) is 0 Å². The Bertz CT molecular complexity index is 1040. The van der Waals surface area contributed by atoms with Crippen molar-refractivity contribution in [1.82, 2.24) is 0 Å². The van der Waals surface area contributed by atoms with Gasteiger partial charge in [-0.15, -0.1) is 0 Å². The molecule has 0 unspecified atom stereocenters. The zero-order chi connectivity index (χ0) is 20.8. The number of amides is 2. The number of fused-ring (bicyclic) bond motifs is 1. The minimum absolute atomic E-state index is 0.0911. The number of carbonyl (C=O) groups excluding carboxylic acids is 3. The first-order valence-corrected chi connectivity index (χ1v) is 9.26. The predicted molar refractivity (Wildman–Crippen MR) is 113 cm³/mol. The van der Waals surface area contributed by atoms with E-state index in [9.17, 15) is 14.4 Å². The third kappa shape index (κ3) is 5.65. The Morgan fingerprint density at radius 2 is 1.48 bits per heavy atom. The number of carbonyl (C=O) groups is 3. The van der Waals surface area contributed by atoms with Crippen molar-refractivity contribution in [3.8, 4) is 0 Å². The molecule has 3 rings (SSSR count). The molecule has 6 nitrogen and oxygen atoms in total. The Kier molecular flexibility index (Phi) is 6.24. The number of hydrogen-bond acceptors (Lipinski definition) is 4. The fraction of sp³-hybridized carbons (Fsp3) is 0.174. The second-order valence-electron chi connectivity index (χ2n) is 6.74. The van der Waals surface area contributed by atoms with Gasteiger partial charge in [-0.1, -0.05) is 42.5 Å². The van der Waals surface area contributed by atoms with Crippen LogP contribution in [0.25, 0.3) is 10.8 Å². The molecule has 3 aromatic rings. The molecule has 0 fully saturated rings. The average molecular weight is 390 g/mol. The monoisotopic (exact) mass is 390 g/mol. The normalized spacial score (nSPS) is 11.5. The zero-order valence-corrected chi connectivity index (χ0v) is 16.3. The molecule has 0 aliphatic heterocycles. The van der Waals surface area contributed by atoms with E-state index < -0.39 is 18.0 Å². The highest BCUT2D eigenvalue weighted by molar-refractivity contribution is 5.96. The Morgan fingerprint density at radius 1 is 0.862 bits per heavy atom. The standard InChI is InChI=1S/C23H22N2O4/c1-15(23(28)25-21-11-9-20(10-12-21)24-16(2)26)29-22(27)14-17-7-8-18-5-3-4-6-19(18)13-17/h3-13,15H,14H2,1-2H3,(H,24,26)(H,25,28)/t15-/m1/s1. The maximum absolute atomic E-state index is 12.3. The fourth-order valence-corrected chi connectivity index (χ4v) is 2.89. The first-order valence-electron chi connectivity index (χ1n) is 9.26. The topological polar surface area (TPSA) is 84.5 Å². The van der Waals surface area contributed by atoms with Crippen molar-refractivity contribution in [3.63, 3.8) is 0 Å². The van der Waals surface area contributed by atoms with Crippen LogP contribution in [0.1, 0.15) is 19.4 Å². The fourth-order valence-electron chi connectivity index (χ4n) is 2.89. The Morgan fingerprint density at radius 3 is 2.14 bits per heavy atom. The molecule has 0 spiro atoms. The van der Waals surface area contributed by atoms with Crippen molar-refractivity contribution in [1.29, 1.82) is 0 Å². The molecule has 0 saturated heterocycles. The summed E-state index contributed by atoms with van der Waals surface area (Å²) in [5, 5.41) is 7.48. The first-order chi connectivity index (χ1) is 13.9. The molecule has 0 saturated carbocycles. The van der Waals surface area contributed by atoms with Crippen LogP contribution in [0.15, 0.2) is 66.7 Å². The number of esters is 1. The summed E-state index contributed by atoms with van der Waals surface area (Å²) < 4.78 is 5.27. The molecule has 1 atom stereocenters. The number of nitrogens with one attached hydrogen (secondary N) is 2. The highest BCUT2D eigenvalue weighted by atomic mass is 16.5. The van der Waals surface area contributed by atoms with E-state index >= 15 is 0 Å². The van der Waals surface area contributed by atoms with Crippen LogP contribution in [0, 0.1) is 0 Å². The summed E-state index contributed by atoms with van der Waals surface area (Å²) in [5.74, 6) is -1.07. The molecule has 0 aliphatic rings. The van der Waals surface area contributed by atoms with Crippen molar-refractivity contribution < 1.29 is 19.1 Å². The third-order valence-corrected chi connectivity index (χ3v) is 4.31. The summed E-state index contributed by atoms with van der Waals surface area (Å²) in [6.45, 7) is 2.95. The number of ether oxygens (including phenoxy) is 1. The number of anilines is 2. The van der Waals surface area contributed by atoms with Crippen LogP contribution in [-0.4, -0.2) is 23.9 Å². The molecule has 3 aromatic carbocycles. The molecule has 29 heavy (non-hydrogen) atoms. The van der Waals surface area contributed by atoms with Gasteiger partial charge < -0.3 is 15.4 Å². The van der Waals surface area contributed by atoms with Crippen molar-refractivity contribution in [2.45, 2.75) is 26.4 Å². The second-order valence-corrected chi connectivity index (χ2v) is 6.74. The largest absolute Gasteiger partial charge is 0.452 e. The molecule has 2 amide bonds. The van der Waals surface area contributed by atoms with Crippen molar-refractivity contribution >= 4 is 39.9 Å². The van der Waals surface area contributed by atoms with Gasteiger partial charge in [-0.05, 0) is 47.5 Å². The van der Waals surface area contributed by atoms with Crippen LogP contribution in [0.3, 0.4) is 0 Å². The van der Waals surface area contributed by atoms with Gasteiger partial charge in [0.25, 0.3) is 5.91 Å². The van der Waals surface area contributed by atoms with Crippen LogP contribution in [0.2, 0.25) is 0 Å². The van der Waals surface area contributed by atoms with Gasteiger partial charge in [-0.3, -0.25) is 14.4 Å².